The van der Waals surface area contributed by atoms with Crippen molar-refractivity contribution in [1.82, 2.24) is 9.80 Å². The van der Waals surface area contributed by atoms with Crippen molar-refractivity contribution in [3.8, 4) is 0 Å². The van der Waals surface area contributed by atoms with Gasteiger partial charge in [0.15, 0.2) is 0 Å². The second kappa shape index (κ2) is 11.6. The summed E-state index contributed by atoms with van der Waals surface area (Å²) < 4.78 is 80.2. The first kappa shape index (κ1) is 28.5. The van der Waals surface area contributed by atoms with Crippen molar-refractivity contribution < 1.29 is 31.1 Å². The van der Waals surface area contributed by atoms with Crippen LogP contribution in [-0.2, 0) is 25.3 Å². The van der Waals surface area contributed by atoms with Crippen LogP contribution in [0.1, 0.15) is 32.6 Å². The van der Waals surface area contributed by atoms with E-state index in [9.17, 15) is 31.1 Å². The third kappa shape index (κ3) is 7.26. The highest BCUT2D eigenvalue weighted by molar-refractivity contribution is 5.95. The van der Waals surface area contributed by atoms with Gasteiger partial charge in [0.05, 0.1) is 11.1 Å². The maximum absolute atomic E-state index is 13.4. The van der Waals surface area contributed by atoms with Crippen LogP contribution in [-0.4, -0.2) is 41.4 Å². The average Bonchev–Trinajstić information content (AvgIpc) is 2.84. The molecule has 1 aliphatic heterocycles. The first-order chi connectivity index (χ1) is 17.0. The molecule has 1 fully saturated rings. The number of hydrogen-bond acceptors (Lipinski definition) is 2. The van der Waals surface area contributed by atoms with Gasteiger partial charge < -0.3 is 4.90 Å². The largest absolute Gasteiger partial charge is 0.416 e. The van der Waals surface area contributed by atoms with Gasteiger partial charge in [-0.2, -0.15) is 26.3 Å². The molecule has 1 aliphatic rings. The number of halogens is 7. The molecule has 198 valence electrons. The van der Waals surface area contributed by atoms with E-state index in [-0.39, 0.29) is 25.0 Å². The number of carbonyl (C=O) groups is 1. The second-order valence-electron chi connectivity index (χ2n) is 8.86. The minimum Gasteiger partial charge on any atom is -0.333 e. The van der Waals surface area contributed by atoms with Gasteiger partial charge in [-0.15, -0.1) is 12.4 Å². The lowest BCUT2D eigenvalue weighted by Crippen LogP contribution is -2.55. The number of carbonyl (C=O) groups excluding carboxylic acids is 1. The van der Waals surface area contributed by atoms with Crippen molar-refractivity contribution >= 4 is 18.3 Å². The molecule has 0 radical (unpaired) electrons. The number of nitrogens with zero attached hydrogens (tertiary/aromatic N) is 2. The Kier molecular flexibility index (Phi) is 8.92. The van der Waals surface area contributed by atoms with Crippen LogP contribution in [0.5, 0.6) is 0 Å². The molecule has 37 heavy (non-hydrogen) atoms. The summed E-state index contributed by atoms with van der Waals surface area (Å²) in [5.41, 5.74) is -1.62. The molecule has 0 N–H and O–H groups in total. The van der Waals surface area contributed by atoms with Crippen LogP contribution in [0.15, 0.2) is 78.9 Å². The highest BCUT2D eigenvalue weighted by Crippen LogP contribution is 2.37. The van der Waals surface area contributed by atoms with Crippen LogP contribution in [0.4, 0.5) is 26.3 Å². The molecule has 0 saturated carbocycles. The van der Waals surface area contributed by atoms with Gasteiger partial charge in [0.2, 0.25) is 0 Å². The Morgan fingerprint density at radius 3 is 1.78 bits per heavy atom. The van der Waals surface area contributed by atoms with Crippen molar-refractivity contribution in [3.05, 3.63) is 107 Å². The number of benzene rings is 3. The molecule has 3 nitrogen and oxygen atoms in total. The summed E-state index contributed by atoms with van der Waals surface area (Å²) in [5, 5.41) is 0. The lowest BCUT2D eigenvalue weighted by atomic mass is 9.99. The highest BCUT2D eigenvalue weighted by Gasteiger charge is 2.39. The van der Waals surface area contributed by atoms with Gasteiger partial charge in [0, 0.05) is 37.8 Å². The third-order valence-corrected chi connectivity index (χ3v) is 6.23. The van der Waals surface area contributed by atoms with E-state index in [1.807, 2.05) is 60.7 Å². The Hall–Kier alpha value is -3.04. The molecule has 1 atom stereocenters. The minimum atomic E-state index is -5.02. The predicted molar refractivity (Wildman–Crippen MR) is 130 cm³/mol. The van der Waals surface area contributed by atoms with Crippen molar-refractivity contribution in [3.63, 3.8) is 0 Å². The molecule has 0 spiro atoms. The summed E-state index contributed by atoms with van der Waals surface area (Å²) in [6, 6.07) is 19.6. The van der Waals surface area contributed by atoms with Crippen LogP contribution >= 0.6 is 12.4 Å². The number of rotatable bonds is 5. The molecule has 0 aliphatic carbocycles. The van der Waals surface area contributed by atoms with E-state index < -0.39 is 41.0 Å². The molecule has 3 aromatic carbocycles. The van der Waals surface area contributed by atoms with E-state index in [2.05, 4.69) is 4.90 Å². The fraction of sp³-hybridized carbons (Fsp3) is 0.296. The smallest absolute Gasteiger partial charge is 0.333 e. The van der Waals surface area contributed by atoms with Gasteiger partial charge in [0.25, 0.3) is 5.91 Å². The lowest BCUT2D eigenvalue weighted by Gasteiger charge is -2.42. The molecule has 0 aromatic heterocycles. The Morgan fingerprint density at radius 2 is 1.27 bits per heavy atom. The van der Waals surface area contributed by atoms with E-state index in [4.69, 9.17) is 0 Å². The Labute approximate surface area is 217 Å². The van der Waals surface area contributed by atoms with Crippen LogP contribution in [0, 0.1) is 0 Å². The standard InChI is InChI=1S/C27H24F6N2O.ClH/c28-26(29,30)22-14-21(15-23(16-22)27(31,32)33)25(36)35-12-11-34(17-20-9-5-2-6-10-20)18-24(35)13-19-7-3-1-4-8-19;/h1-10,14-16,24H,11-13,17-18H2;1H/t24-;/m1./s1. The summed E-state index contributed by atoms with van der Waals surface area (Å²) >= 11 is 0. The van der Waals surface area contributed by atoms with Gasteiger partial charge in [-0.05, 0) is 35.7 Å². The van der Waals surface area contributed by atoms with Gasteiger partial charge in [-0.25, -0.2) is 0 Å². The fourth-order valence-electron chi connectivity index (χ4n) is 4.48. The third-order valence-electron chi connectivity index (χ3n) is 6.23. The summed E-state index contributed by atoms with van der Waals surface area (Å²) in [7, 11) is 0. The van der Waals surface area contributed by atoms with Crippen LogP contribution in [0.3, 0.4) is 0 Å². The zero-order chi connectivity index (χ0) is 25.9. The molecular formula is C27H25ClF6N2O. The van der Waals surface area contributed by atoms with Crippen molar-refractivity contribution in [2.45, 2.75) is 31.4 Å². The first-order valence-corrected chi connectivity index (χ1v) is 11.4. The highest BCUT2D eigenvalue weighted by atomic mass is 35.5. The quantitative estimate of drug-likeness (QED) is 0.334. The topological polar surface area (TPSA) is 23.6 Å². The molecule has 1 heterocycles. The average molecular weight is 543 g/mol. The lowest BCUT2D eigenvalue weighted by molar-refractivity contribution is -0.143. The van der Waals surface area contributed by atoms with Gasteiger partial charge in [0.1, 0.15) is 0 Å². The monoisotopic (exact) mass is 542 g/mol. The van der Waals surface area contributed by atoms with Crippen molar-refractivity contribution in [2.75, 3.05) is 19.6 Å². The zero-order valence-corrected chi connectivity index (χ0v) is 20.4. The van der Waals surface area contributed by atoms with Gasteiger partial charge >= 0.3 is 12.4 Å². The maximum atomic E-state index is 13.4. The summed E-state index contributed by atoms with van der Waals surface area (Å²) in [6.45, 7) is 1.67. The van der Waals surface area contributed by atoms with Crippen molar-refractivity contribution in [2.24, 2.45) is 0 Å². The molecule has 4 rings (SSSR count). The van der Waals surface area contributed by atoms with Crippen LogP contribution in [0.2, 0.25) is 0 Å². The normalized spacial score (nSPS) is 16.8. The van der Waals surface area contributed by atoms with E-state index in [0.29, 0.717) is 38.2 Å². The molecule has 0 unspecified atom stereocenters. The van der Waals surface area contributed by atoms with E-state index in [1.165, 1.54) is 4.90 Å². The van der Waals surface area contributed by atoms with E-state index >= 15 is 0 Å². The number of piperazine rings is 1. The summed E-state index contributed by atoms with van der Waals surface area (Å²) in [6.07, 6.45) is -9.62. The van der Waals surface area contributed by atoms with Gasteiger partial charge in [-0.1, -0.05) is 60.7 Å². The molecule has 1 amide bonds. The Morgan fingerprint density at radius 1 is 0.757 bits per heavy atom. The van der Waals surface area contributed by atoms with E-state index in [0.717, 1.165) is 11.1 Å². The number of amides is 1. The minimum absolute atomic E-state index is 0. The van der Waals surface area contributed by atoms with Crippen LogP contribution in [0.25, 0.3) is 0 Å². The Bertz CT molecular complexity index is 1150. The maximum Gasteiger partial charge on any atom is 0.416 e. The predicted octanol–water partition coefficient (Wildman–Crippen LogP) is 6.72. The second-order valence-corrected chi connectivity index (χ2v) is 8.86. The number of hydrogen-bond donors (Lipinski definition) is 0. The fourth-order valence-corrected chi connectivity index (χ4v) is 4.48. The number of alkyl halides is 6. The zero-order valence-electron chi connectivity index (χ0n) is 19.6. The molecule has 1 saturated heterocycles. The van der Waals surface area contributed by atoms with Crippen LogP contribution < -0.4 is 0 Å². The van der Waals surface area contributed by atoms with Crippen molar-refractivity contribution in [1.29, 1.82) is 0 Å². The first-order valence-electron chi connectivity index (χ1n) is 11.4. The van der Waals surface area contributed by atoms with E-state index in [1.54, 1.807) is 0 Å². The molecule has 0 bridgehead atoms. The molecule has 3 aromatic rings. The molecular weight excluding hydrogens is 518 g/mol. The SMILES string of the molecule is Cl.O=C(c1cc(C(F)(F)F)cc(C(F)(F)F)c1)N1CCN(Cc2ccccc2)C[C@H]1Cc1ccccc1. The molecule has 10 heteroatoms. The summed E-state index contributed by atoms with van der Waals surface area (Å²) in [5.74, 6) is -0.841. The van der Waals surface area contributed by atoms with Gasteiger partial charge in [-0.3, -0.25) is 9.69 Å². The Balaban J connectivity index is 0.00000380. The summed E-state index contributed by atoms with van der Waals surface area (Å²) in [4.78, 5) is 16.9.